The van der Waals surface area contributed by atoms with Gasteiger partial charge in [0.25, 0.3) is 5.91 Å². The Labute approximate surface area is 128 Å². The number of aryl methyl sites for hydroxylation is 1. The highest BCUT2D eigenvalue weighted by atomic mass is 16.2. The molecule has 116 valence electrons. The van der Waals surface area contributed by atoms with E-state index < -0.39 is 0 Å². The van der Waals surface area contributed by atoms with E-state index in [2.05, 4.69) is 26.1 Å². The topological polar surface area (TPSA) is 32.3 Å². The van der Waals surface area contributed by atoms with E-state index in [0.29, 0.717) is 6.04 Å². The van der Waals surface area contributed by atoms with E-state index in [1.54, 1.807) is 0 Å². The van der Waals surface area contributed by atoms with Crippen LogP contribution in [0.5, 0.6) is 0 Å². The second kappa shape index (κ2) is 6.97. The van der Waals surface area contributed by atoms with Crippen molar-refractivity contribution in [2.75, 3.05) is 18.9 Å². The summed E-state index contributed by atoms with van der Waals surface area (Å²) in [5, 5.41) is 3.31. The van der Waals surface area contributed by atoms with Gasteiger partial charge in [-0.2, -0.15) is 0 Å². The molecule has 1 amide bonds. The van der Waals surface area contributed by atoms with Crippen molar-refractivity contribution in [2.45, 2.75) is 52.5 Å². The summed E-state index contributed by atoms with van der Waals surface area (Å²) in [5.74, 6) is 0.965. The second-order valence-corrected chi connectivity index (χ2v) is 6.39. The molecule has 0 spiro atoms. The summed E-state index contributed by atoms with van der Waals surface area (Å²) in [6, 6.07) is 6.36. The number of hydrogen-bond acceptors (Lipinski definition) is 2. The standard InChI is InChI=1S/C18H28N2O/c1-5-19-17-11-8-15(12-14(17)3)18(21)20(4)16-9-6-13(2)7-10-16/h8,11-13,16,19H,5-7,9-10H2,1-4H3. The van der Waals surface area contributed by atoms with Crippen molar-refractivity contribution >= 4 is 11.6 Å². The Morgan fingerprint density at radius 2 is 1.95 bits per heavy atom. The molecular formula is C18H28N2O. The van der Waals surface area contributed by atoms with Gasteiger partial charge >= 0.3 is 0 Å². The summed E-state index contributed by atoms with van der Waals surface area (Å²) in [6.07, 6.45) is 4.75. The number of carbonyl (C=O) groups is 1. The highest BCUT2D eigenvalue weighted by Gasteiger charge is 2.25. The van der Waals surface area contributed by atoms with Crippen LogP contribution in [0.2, 0.25) is 0 Å². The number of anilines is 1. The molecule has 1 aromatic carbocycles. The first kappa shape index (κ1) is 15.9. The van der Waals surface area contributed by atoms with Crippen LogP contribution >= 0.6 is 0 Å². The molecular weight excluding hydrogens is 260 g/mol. The van der Waals surface area contributed by atoms with Crippen molar-refractivity contribution in [1.82, 2.24) is 4.90 Å². The van der Waals surface area contributed by atoms with Gasteiger partial charge in [0.15, 0.2) is 0 Å². The third-order valence-electron chi connectivity index (χ3n) is 4.69. The van der Waals surface area contributed by atoms with Gasteiger partial charge in [0.1, 0.15) is 0 Å². The van der Waals surface area contributed by atoms with Crippen molar-refractivity contribution in [3.05, 3.63) is 29.3 Å². The zero-order chi connectivity index (χ0) is 15.4. The number of carbonyl (C=O) groups excluding carboxylic acids is 1. The first-order chi connectivity index (χ1) is 10.0. The van der Waals surface area contributed by atoms with E-state index in [1.807, 2.05) is 30.1 Å². The van der Waals surface area contributed by atoms with Gasteiger partial charge in [0, 0.05) is 30.9 Å². The molecule has 3 heteroatoms. The molecule has 3 nitrogen and oxygen atoms in total. The molecule has 1 N–H and O–H groups in total. The third-order valence-corrected chi connectivity index (χ3v) is 4.69. The van der Waals surface area contributed by atoms with E-state index in [4.69, 9.17) is 0 Å². The lowest BCUT2D eigenvalue weighted by molar-refractivity contribution is 0.0679. The van der Waals surface area contributed by atoms with Gasteiger partial charge in [-0.1, -0.05) is 6.92 Å². The molecule has 1 aromatic rings. The van der Waals surface area contributed by atoms with Crippen LogP contribution in [0.4, 0.5) is 5.69 Å². The minimum absolute atomic E-state index is 0.153. The van der Waals surface area contributed by atoms with E-state index in [1.165, 1.54) is 12.8 Å². The van der Waals surface area contributed by atoms with Crippen LogP contribution < -0.4 is 5.32 Å². The Bertz CT molecular complexity index is 490. The minimum atomic E-state index is 0.153. The third kappa shape index (κ3) is 3.78. The Balaban J connectivity index is 2.07. The van der Waals surface area contributed by atoms with Crippen LogP contribution in [0.3, 0.4) is 0 Å². The van der Waals surface area contributed by atoms with Crippen LogP contribution in [0.1, 0.15) is 55.5 Å². The summed E-state index contributed by atoms with van der Waals surface area (Å²) in [5.41, 5.74) is 3.05. The van der Waals surface area contributed by atoms with Gasteiger partial charge < -0.3 is 10.2 Å². The van der Waals surface area contributed by atoms with Crippen LogP contribution in [0.25, 0.3) is 0 Å². The smallest absolute Gasteiger partial charge is 0.253 e. The van der Waals surface area contributed by atoms with E-state index in [0.717, 1.165) is 42.1 Å². The Morgan fingerprint density at radius 1 is 1.29 bits per heavy atom. The van der Waals surface area contributed by atoms with Gasteiger partial charge in [0.05, 0.1) is 0 Å². The molecule has 1 saturated carbocycles. The van der Waals surface area contributed by atoms with Crippen LogP contribution in [0, 0.1) is 12.8 Å². The van der Waals surface area contributed by atoms with Gasteiger partial charge in [-0.3, -0.25) is 4.79 Å². The lowest BCUT2D eigenvalue weighted by Gasteiger charge is -2.33. The zero-order valence-corrected chi connectivity index (χ0v) is 13.8. The largest absolute Gasteiger partial charge is 0.385 e. The van der Waals surface area contributed by atoms with Gasteiger partial charge in [0.2, 0.25) is 0 Å². The van der Waals surface area contributed by atoms with Gasteiger partial charge in [-0.05, 0) is 69.2 Å². The number of nitrogens with one attached hydrogen (secondary N) is 1. The number of amides is 1. The van der Waals surface area contributed by atoms with Gasteiger partial charge in [-0.25, -0.2) is 0 Å². The fourth-order valence-electron chi connectivity index (χ4n) is 3.18. The molecule has 0 bridgehead atoms. The minimum Gasteiger partial charge on any atom is -0.385 e. The quantitative estimate of drug-likeness (QED) is 0.905. The van der Waals surface area contributed by atoms with Crippen molar-refractivity contribution in [3.63, 3.8) is 0 Å². The van der Waals surface area contributed by atoms with Crippen LogP contribution in [0.15, 0.2) is 18.2 Å². The fraction of sp³-hybridized carbons (Fsp3) is 0.611. The van der Waals surface area contributed by atoms with Crippen molar-refractivity contribution in [3.8, 4) is 0 Å². The normalized spacial score (nSPS) is 21.9. The summed E-state index contributed by atoms with van der Waals surface area (Å²) in [4.78, 5) is 14.6. The Morgan fingerprint density at radius 3 is 2.52 bits per heavy atom. The second-order valence-electron chi connectivity index (χ2n) is 6.39. The number of rotatable bonds is 4. The predicted molar refractivity (Wildman–Crippen MR) is 88.9 cm³/mol. The molecule has 2 rings (SSSR count). The molecule has 0 aromatic heterocycles. The maximum absolute atomic E-state index is 12.7. The maximum atomic E-state index is 12.7. The molecule has 1 aliphatic carbocycles. The molecule has 1 aliphatic rings. The summed E-state index contributed by atoms with van der Waals surface area (Å²) >= 11 is 0. The summed E-state index contributed by atoms with van der Waals surface area (Å²) < 4.78 is 0. The molecule has 0 aliphatic heterocycles. The van der Waals surface area contributed by atoms with Crippen molar-refractivity contribution in [2.24, 2.45) is 5.92 Å². The average molecular weight is 288 g/mol. The number of nitrogens with zero attached hydrogens (tertiary/aromatic N) is 1. The highest BCUT2D eigenvalue weighted by Crippen LogP contribution is 2.27. The molecule has 1 fully saturated rings. The SMILES string of the molecule is CCNc1ccc(C(=O)N(C)C2CCC(C)CC2)cc1C. The molecule has 0 saturated heterocycles. The van der Waals surface area contributed by atoms with Crippen molar-refractivity contribution in [1.29, 1.82) is 0 Å². The van der Waals surface area contributed by atoms with Crippen LogP contribution in [-0.4, -0.2) is 30.4 Å². The molecule has 0 unspecified atom stereocenters. The lowest BCUT2D eigenvalue weighted by Crippen LogP contribution is -2.39. The number of benzene rings is 1. The summed E-state index contributed by atoms with van der Waals surface area (Å²) in [6.45, 7) is 7.34. The molecule has 21 heavy (non-hydrogen) atoms. The van der Waals surface area contributed by atoms with Crippen molar-refractivity contribution < 1.29 is 4.79 Å². The van der Waals surface area contributed by atoms with Gasteiger partial charge in [-0.15, -0.1) is 0 Å². The Kier molecular flexibility index (Phi) is 5.27. The lowest BCUT2D eigenvalue weighted by atomic mass is 9.86. The first-order valence-electron chi connectivity index (χ1n) is 8.14. The fourth-order valence-corrected chi connectivity index (χ4v) is 3.18. The number of hydrogen-bond donors (Lipinski definition) is 1. The predicted octanol–water partition coefficient (Wildman–Crippen LogP) is 4.08. The summed E-state index contributed by atoms with van der Waals surface area (Å²) in [7, 11) is 1.95. The van der Waals surface area contributed by atoms with E-state index in [-0.39, 0.29) is 5.91 Å². The average Bonchev–Trinajstić information content (AvgIpc) is 2.49. The molecule has 0 atom stereocenters. The zero-order valence-electron chi connectivity index (χ0n) is 13.8. The van der Waals surface area contributed by atoms with E-state index >= 15 is 0 Å². The molecule has 0 heterocycles. The maximum Gasteiger partial charge on any atom is 0.253 e. The molecule has 0 radical (unpaired) electrons. The monoisotopic (exact) mass is 288 g/mol. The Hall–Kier alpha value is -1.51. The first-order valence-corrected chi connectivity index (χ1v) is 8.14. The van der Waals surface area contributed by atoms with Crippen LogP contribution in [-0.2, 0) is 0 Å². The highest BCUT2D eigenvalue weighted by molar-refractivity contribution is 5.95. The van der Waals surface area contributed by atoms with E-state index in [9.17, 15) is 4.79 Å².